The summed E-state index contributed by atoms with van der Waals surface area (Å²) in [5, 5.41) is 8.66. The minimum Gasteiger partial charge on any atom is -0.492 e. The van der Waals surface area contributed by atoms with Crippen LogP contribution in [-0.4, -0.2) is 35.9 Å². The molecule has 6 nitrogen and oxygen atoms in total. The summed E-state index contributed by atoms with van der Waals surface area (Å²) in [6.07, 6.45) is -0.685. The van der Waals surface area contributed by atoms with Crippen molar-refractivity contribution in [2.45, 2.75) is 6.42 Å². The van der Waals surface area contributed by atoms with Gasteiger partial charge in [-0.1, -0.05) is 36.4 Å². The molecule has 0 unspecified atom stereocenters. The molecule has 0 atom stereocenters. The summed E-state index contributed by atoms with van der Waals surface area (Å²) in [4.78, 5) is 35.6. The van der Waals surface area contributed by atoms with Crippen LogP contribution in [0.25, 0.3) is 0 Å². The lowest BCUT2D eigenvalue weighted by atomic mass is 10.2. The standard InChI is InChI=1S/C18H17NO5/c20-16(18(22)23)13-17(21)19(14-7-3-1-4-8-14)11-12-24-15-9-5-2-6-10-15/h1-10H,11-13H2,(H,22,23). The van der Waals surface area contributed by atoms with Crippen molar-refractivity contribution in [3.05, 3.63) is 60.7 Å². The van der Waals surface area contributed by atoms with Crippen molar-refractivity contribution in [2.24, 2.45) is 0 Å². The Morgan fingerprint density at radius 1 is 0.917 bits per heavy atom. The fourth-order valence-electron chi connectivity index (χ4n) is 2.09. The maximum absolute atomic E-state index is 12.3. The van der Waals surface area contributed by atoms with Gasteiger partial charge in [-0.15, -0.1) is 0 Å². The Hall–Kier alpha value is -3.15. The van der Waals surface area contributed by atoms with E-state index >= 15 is 0 Å². The Balaban J connectivity index is 2.04. The van der Waals surface area contributed by atoms with E-state index in [1.165, 1.54) is 4.90 Å². The number of benzene rings is 2. The first-order valence-corrected chi connectivity index (χ1v) is 7.37. The number of ether oxygens (including phenoxy) is 1. The summed E-state index contributed by atoms with van der Waals surface area (Å²) in [6, 6.07) is 17.9. The number of hydrogen-bond donors (Lipinski definition) is 1. The topological polar surface area (TPSA) is 83.9 Å². The Kier molecular flexibility index (Phi) is 6.08. The first kappa shape index (κ1) is 17.2. The number of Topliss-reactive ketones (excluding diaryl/α,β-unsaturated/α-hetero) is 1. The van der Waals surface area contributed by atoms with Gasteiger partial charge in [0.1, 0.15) is 12.4 Å². The minimum absolute atomic E-state index is 0.199. The number of ketones is 1. The van der Waals surface area contributed by atoms with Gasteiger partial charge in [0.2, 0.25) is 11.7 Å². The number of carbonyl (C=O) groups excluding carboxylic acids is 2. The van der Waals surface area contributed by atoms with E-state index < -0.39 is 24.1 Å². The Labute approximate surface area is 139 Å². The molecule has 2 aromatic rings. The van der Waals surface area contributed by atoms with Crippen LogP contribution in [0.4, 0.5) is 5.69 Å². The summed E-state index contributed by atoms with van der Waals surface area (Å²) in [6.45, 7) is 0.413. The van der Waals surface area contributed by atoms with Crippen molar-refractivity contribution in [3.8, 4) is 5.75 Å². The van der Waals surface area contributed by atoms with Gasteiger partial charge in [0, 0.05) is 5.69 Å². The van der Waals surface area contributed by atoms with Crippen LogP contribution in [0.5, 0.6) is 5.75 Å². The number of nitrogens with zero attached hydrogens (tertiary/aromatic N) is 1. The molecule has 0 fully saturated rings. The molecule has 1 amide bonds. The zero-order chi connectivity index (χ0) is 17.4. The number of anilines is 1. The van der Waals surface area contributed by atoms with Gasteiger partial charge in [-0.2, -0.15) is 0 Å². The highest BCUT2D eigenvalue weighted by Gasteiger charge is 2.22. The molecule has 0 saturated carbocycles. The van der Waals surface area contributed by atoms with Crippen molar-refractivity contribution in [1.29, 1.82) is 0 Å². The van der Waals surface area contributed by atoms with Gasteiger partial charge in [-0.25, -0.2) is 4.79 Å². The molecule has 6 heteroatoms. The van der Waals surface area contributed by atoms with E-state index in [9.17, 15) is 14.4 Å². The molecule has 0 aliphatic rings. The van der Waals surface area contributed by atoms with E-state index in [-0.39, 0.29) is 13.2 Å². The van der Waals surface area contributed by atoms with Gasteiger partial charge in [0.25, 0.3) is 0 Å². The molecule has 0 radical (unpaired) electrons. The molecule has 2 aromatic carbocycles. The molecule has 0 saturated heterocycles. The van der Waals surface area contributed by atoms with Crippen LogP contribution < -0.4 is 9.64 Å². The van der Waals surface area contributed by atoms with E-state index in [1.807, 2.05) is 18.2 Å². The fraction of sp³-hybridized carbons (Fsp3) is 0.167. The number of carbonyl (C=O) groups is 3. The van der Waals surface area contributed by atoms with Crippen molar-refractivity contribution in [3.63, 3.8) is 0 Å². The third kappa shape index (κ3) is 4.95. The molecule has 24 heavy (non-hydrogen) atoms. The molecule has 0 heterocycles. The zero-order valence-electron chi connectivity index (χ0n) is 12.9. The molecular weight excluding hydrogens is 310 g/mol. The smallest absolute Gasteiger partial charge is 0.372 e. The van der Waals surface area contributed by atoms with Crippen LogP contribution in [0, 0.1) is 0 Å². The van der Waals surface area contributed by atoms with Gasteiger partial charge in [0.05, 0.1) is 13.0 Å². The summed E-state index contributed by atoms with van der Waals surface area (Å²) in [7, 11) is 0. The molecule has 2 rings (SSSR count). The molecule has 0 spiro atoms. The molecule has 0 bridgehead atoms. The first-order chi connectivity index (χ1) is 11.6. The van der Waals surface area contributed by atoms with Gasteiger partial charge < -0.3 is 14.7 Å². The van der Waals surface area contributed by atoms with Crippen LogP contribution >= 0.6 is 0 Å². The zero-order valence-corrected chi connectivity index (χ0v) is 12.9. The minimum atomic E-state index is -1.61. The van der Waals surface area contributed by atoms with Crippen molar-refractivity contribution >= 4 is 23.3 Å². The molecule has 0 aliphatic heterocycles. The monoisotopic (exact) mass is 327 g/mol. The second kappa shape index (κ2) is 8.47. The largest absolute Gasteiger partial charge is 0.492 e. The van der Waals surface area contributed by atoms with E-state index in [0.29, 0.717) is 11.4 Å². The summed E-state index contributed by atoms with van der Waals surface area (Å²) < 4.78 is 5.57. The fourth-order valence-corrected chi connectivity index (χ4v) is 2.09. The van der Waals surface area contributed by atoms with Gasteiger partial charge >= 0.3 is 5.97 Å². The molecule has 0 aliphatic carbocycles. The summed E-state index contributed by atoms with van der Waals surface area (Å²) >= 11 is 0. The van der Waals surface area contributed by atoms with E-state index in [1.54, 1.807) is 42.5 Å². The number of rotatable bonds is 8. The highest BCUT2D eigenvalue weighted by atomic mass is 16.5. The highest BCUT2D eigenvalue weighted by molar-refractivity contribution is 6.36. The summed E-state index contributed by atoms with van der Waals surface area (Å²) in [5.74, 6) is -2.66. The third-order valence-electron chi connectivity index (χ3n) is 3.25. The van der Waals surface area contributed by atoms with Gasteiger partial charge in [-0.3, -0.25) is 9.59 Å². The first-order valence-electron chi connectivity index (χ1n) is 7.37. The average Bonchev–Trinajstić information content (AvgIpc) is 2.60. The number of carboxylic acids is 1. The Bertz CT molecular complexity index is 700. The van der Waals surface area contributed by atoms with Crippen molar-refractivity contribution in [1.82, 2.24) is 0 Å². The van der Waals surface area contributed by atoms with E-state index in [2.05, 4.69) is 0 Å². The molecule has 1 N–H and O–H groups in total. The SMILES string of the molecule is O=C(O)C(=O)CC(=O)N(CCOc1ccccc1)c1ccccc1. The van der Waals surface area contributed by atoms with Crippen LogP contribution in [0.3, 0.4) is 0 Å². The quantitative estimate of drug-likeness (QED) is 0.593. The summed E-state index contributed by atoms with van der Waals surface area (Å²) in [5.41, 5.74) is 0.581. The highest BCUT2D eigenvalue weighted by Crippen LogP contribution is 2.15. The number of carboxylic acid groups (broad SMARTS) is 1. The maximum Gasteiger partial charge on any atom is 0.372 e. The van der Waals surface area contributed by atoms with Crippen LogP contribution in [0.15, 0.2) is 60.7 Å². The lowest BCUT2D eigenvalue weighted by molar-refractivity contribution is -0.150. The lowest BCUT2D eigenvalue weighted by Gasteiger charge is -2.22. The Morgan fingerprint density at radius 2 is 1.50 bits per heavy atom. The normalized spacial score (nSPS) is 10.0. The lowest BCUT2D eigenvalue weighted by Crippen LogP contribution is -2.36. The number of hydrogen-bond acceptors (Lipinski definition) is 4. The van der Waals surface area contributed by atoms with Crippen LogP contribution in [0.1, 0.15) is 6.42 Å². The predicted octanol–water partition coefficient (Wildman–Crippen LogP) is 2.14. The second-order valence-corrected chi connectivity index (χ2v) is 4.95. The van der Waals surface area contributed by atoms with E-state index in [0.717, 1.165) is 0 Å². The number of aliphatic carboxylic acids is 1. The van der Waals surface area contributed by atoms with Crippen molar-refractivity contribution in [2.75, 3.05) is 18.1 Å². The van der Waals surface area contributed by atoms with Crippen molar-refractivity contribution < 1.29 is 24.2 Å². The number of para-hydroxylation sites is 2. The van der Waals surface area contributed by atoms with Gasteiger partial charge in [0.15, 0.2) is 0 Å². The second-order valence-electron chi connectivity index (χ2n) is 4.95. The molecular formula is C18H17NO5. The van der Waals surface area contributed by atoms with Crippen LogP contribution in [-0.2, 0) is 14.4 Å². The molecule has 124 valence electrons. The maximum atomic E-state index is 12.3. The average molecular weight is 327 g/mol. The van der Waals surface area contributed by atoms with E-state index in [4.69, 9.17) is 9.84 Å². The predicted molar refractivity (Wildman–Crippen MR) is 88.0 cm³/mol. The van der Waals surface area contributed by atoms with Crippen LogP contribution in [0.2, 0.25) is 0 Å². The number of amides is 1. The third-order valence-corrected chi connectivity index (χ3v) is 3.25. The Morgan fingerprint density at radius 3 is 2.08 bits per heavy atom. The molecule has 0 aromatic heterocycles. The van der Waals surface area contributed by atoms with Gasteiger partial charge in [-0.05, 0) is 24.3 Å².